The summed E-state index contributed by atoms with van der Waals surface area (Å²) in [5.74, 6) is 0.144. The van der Waals surface area contributed by atoms with Crippen molar-refractivity contribution >= 4 is 11.6 Å². The van der Waals surface area contributed by atoms with Gasteiger partial charge in [0.05, 0.1) is 5.71 Å². The number of hydrogen-bond acceptors (Lipinski definition) is 3. The molecule has 4 nitrogen and oxygen atoms in total. The average molecular weight is 290 g/mol. The van der Waals surface area contributed by atoms with E-state index in [4.69, 9.17) is 0 Å². The number of carbonyl (C=O) groups excluding carboxylic acids is 1. The maximum atomic E-state index is 11.7. The Labute approximate surface area is 127 Å². The molecule has 0 atom stereocenters. The van der Waals surface area contributed by atoms with Gasteiger partial charge in [-0.05, 0) is 25.5 Å². The highest BCUT2D eigenvalue weighted by atomic mass is 16.3. The summed E-state index contributed by atoms with van der Waals surface area (Å²) in [6.45, 7) is 4.00. The Morgan fingerprint density at radius 1 is 1.19 bits per heavy atom. The molecule has 1 rings (SSSR count). The number of rotatable bonds is 9. The highest BCUT2D eigenvalue weighted by Crippen LogP contribution is 2.11. The molecular weight excluding hydrogens is 264 g/mol. The summed E-state index contributed by atoms with van der Waals surface area (Å²) in [5.41, 5.74) is 4.05. The highest BCUT2D eigenvalue weighted by Gasteiger charge is 2.02. The number of carbonyl (C=O) groups is 1. The van der Waals surface area contributed by atoms with E-state index < -0.39 is 0 Å². The van der Waals surface area contributed by atoms with Crippen molar-refractivity contribution in [2.24, 2.45) is 5.10 Å². The van der Waals surface area contributed by atoms with Crippen molar-refractivity contribution in [1.82, 2.24) is 5.43 Å². The molecular formula is C17H26N2O2. The highest BCUT2D eigenvalue weighted by molar-refractivity contribution is 5.99. The number of phenols is 1. The molecule has 0 unspecified atom stereocenters. The summed E-state index contributed by atoms with van der Waals surface area (Å²) >= 11 is 0. The summed E-state index contributed by atoms with van der Waals surface area (Å²) in [6.07, 6.45) is 7.50. The van der Waals surface area contributed by atoms with Gasteiger partial charge in [-0.25, -0.2) is 5.43 Å². The second kappa shape index (κ2) is 9.97. The minimum atomic E-state index is -0.0509. The molecule has 0 saturated heterocycles. The molecule has 1 amide bonds. The van der Waals surface area contributed by atoms with E-state index in [9.17, 15) is 9.90 Å². The van der Waals surface area contributed by atoms with E-state index in [0.717, 1.165) is 18.4 Å². The van der Waals surface area contributed by atoms with E-state index in [1.54, 1.807) is 25.1 Å². The molecule has 0 aliphatic rings. The van der Waals surface area contributed by atoms with Crippen LogP contribution in [0.15, 0.2) is 29.4 Å². The molecule has 21 heavy (non-hydrogen) atoms. The van der Waals surface area contributed by atoms with Crippen molar-refractivity contribution in [3.05, 3.63) is 29.8 Å². The van der Waals surface area contributed by atoms with E-state index in [1.165, 1.54) is 25.7 Å². The zero-order valence-electron chi connectivity index (χ0n) is 13.1. The van der Waals surface area contributed by atoms with Crippen LogP contribution in [0, 0.1) is 0 Å². The van der Waals surface area contributed by atoms with Gasteiger partial charge in [-0.3, -0.25) is 4.79 Å². The first kappa shape index (κ1) is 17.2. The number of aromatic hydroxyl groups is 1. The molecule has 1 aromatic rings. The van der Waals surface area contributed by atoms with Crippen LogP contribution in [0.3, 0.4) is 0 Å². The predicted octanol–water partition coefficient (Wildman–Crippen LogP) is 3.98. The molecule has 2 N–H and O–H groups in total. The molecule has 0 bridgehead atoms. The van der Waals surface area contributed by atoms with Crippen LogP contribution in [-0.2, 0) is 4.79 Å². The molecule has 0 aromatic heterocycles. The van der Waals surface area contributed by atoms with Gasteiger partial charge in [-0.1, -0.05) is 51.2 Å². The number of phenolic OH excluding ortho intramolecular Hbond substituents is 1. The summed E-state index contributed by atoms with van der Waals surface area (Å²) < 4.78 is 0. The van der Waals surface area contributed by atoms with Crippen molar-refractivity contribution in [3.63, 3.8) is 0 Å². The third kappa shape index (κ3) is 7.49. The van der Waals surface area contributed by atoms with Crippen LogP contribution < -0.4 is 5.43 Å². The van der Waals surface area contributed by atoms with Crippen LogP contribution in [0.5, 0.6) is 5.75 Å². The fourth-order valence-electron chi connectivity index (χ4n) is 2.06. The lowest BCUT2D eigenvalue weighted by Crippen LogP contribution is -2.18. The number of benzene rings is 1. The van der Waals surface area contributed by atoms with Crippen LogP contribution >= 0.6 is 0 Å². The van der Waals surface area contributed by atoms with Gasteiger partial charge in [0, 0.05) is 12.0 Å². The van der Waals surface area contributed by atoms with Crippen LogP contribution in [0.1, 0.15) is 64.4 Å². The minimum Gasteiger partial charge on any atom is -0.508 e. The quantitative estimate of drug-likeness (QED) is 0.410. The van der Waals surface area contributed by atoms with Crippen LogP contribution in [0.2, 0.25) is 0 Å². The molecule has 0 fully saturated rings. The number of hydrogen-bond donors (Lipinski definition) is 2. The molecule has 1 aromatic carbocycles. The fraction of sp³-hybridized carbons (Fsp3) is 0.529. The average Bonchev–Trinajstić information content (AvgIpc) is 2.48. The van der Waals surface area contributed by atoms with Crippen molar-refractivity contribution < 1.29 is 9.90 Å². The van der Waals surface area contributed by atoms with Crippen molar-refractivity contribution in [1.29, 1.82) is 0 Å². The Kier molecular flexibility index (Phi) is 8.17. The zero-order chi connectivity index (χ0) is 15.5. The lowest BCUT2D eigenvalue weighted by molar-refractivity contribution is -0.121. The van der Waals surface area contributed by atoms with Gasteiger partial charge in [-0.2, -0.15) is 5.10 Å². The number of nitrogens with zero attached hydrogens (tertiary/aromatic N) is 1. The summed E-state index contributed by atoms with van der Waals surface area (Å²) in [5, 5.41) is 13.5. The molecule has 0 aliphatic heterocycles. The van der Waals surface area contributed by atoms with Crippen LogP contribution in [0.25, 0.3) is 0 Å². The van der Waals surface area contributed by atoms with Gasteiger partial charge in [-0.15, -0.1) is 0 Å². The normalized spacial score (nSPS) is 11.4. The van der Waals surface area contributed by atoms with Crippen LogP contribution in [0.4, 0.5) is 0 Å². The Bertz CT molecular complexity index is 470. The van der Waals surface area contributed by atoms with E-state index in [2.05, 4.69) is 17.5 Å². The fourth-order valence-corrected chi connectivity index (χ4v) is 2.06. The second-order valence-electron chi connectivity index (χ2n) is 5.30. The summed E-state index contributed by atoms with van der Waals surface area (Å²) in [6, 6.07) is 6.83. The third-order valence-corrected chi connectivity index (χ3v) is 3.37. The Hall–Kier alpha value is -1.84. The van der Waals surface area contributed by atoms with Gasteiger partial charge in [0.25, 0.3) is 0 Å². The van der Waals surface area contributed by atoms with Gasteiger partial charge in [0.15, 0.2) is 0 Å². The Morgan fingerprint density at radius 2 is 1.90 bits per heavy atom. The first-order chi connectivity index (χ1) is 10.1. The third-order valence-electron chi connectivity index (χ3n) is 3.37. The second-order valence-corrected chi connectivity index (χ2v) is 5.30. The van der Waals surface area contributed by atoms with Crippen molar-refractivity contribution in [3.8, 4) is 5.75 Å². The first-order valence-corrected chi connectivity index (χ1v) is 7.76. The number of hydrazone groups is 1. The van der Waals surface area contributed by atoms with E-state index in [-0.39, 0.29) is 11.7 Å². The molecule has 0 heterocycles. The topological polar surface area (TPSA) is 61.7 Å². The van der Waals surface area contributed by atoms with Crippen molar-refractivity contribution in [2.45, 2.75) is 58.8 Å². The molecule has 0 aliphatic carbocycles. The monoisotopic (exact) mass is 290 g/mol. The SMILES string of the molecule is CCCCCCCCC(=O)N/N=C(\C)c1cccc(O)c1. The van der Waals surface area contributed by atoms with Gasteiger partial charge >= 0.3 is 0 Å². The van der Waals surface area contributed by atoms with E-state index in [1.807, 2.05) is 6.07 Å². The molecule has 0 spiro atoms. The van der Waals surface area contributed by atoms with Crippen LogP contribution in [-0.4, -0.2) is 16.7 Å². The lowest BCUT2D eigenvalue weighted by Gasteiger charge is -2.04. The molecule has 0 radical (unpaired) electrons. The van der Waals surface area contributed by atoms with Gasteiger partial charge < -0.3 is 5.11 Å². The molecule has 4 heteroatoms. The largest absolute Gasteiger partial charge is 0.508 e. The smallest absolute Gasteiger partial charge is 0.240 e. The predicted molar refractivity (Wildman–Crippen MR) is 86.5 cm³/mol. The van der Waals surface area contributed by atoms with E-state index >= 15 is 0 Å². The van der Waals surface area contributed by atoms with Gasteiger partial charge in [0.2, 0.25) is 5.91 Å². The lowest BCUT2D eigenvalue weighted by atomic mass is 10.1. The van der Waals surface area contributed by atoms with Gasteiger partial charge in [0.1, 0.15) is 5.75 Å². The number of nitrogens with one attached hydrogen (secondary N) is 1. The summed E-state index contributed by atoms with van der Waals surface area (Å²) in [4.78, 5) is 11.7. The molecule has 116 valence electrons. The number of amides is 1. The zero-order valence-corrected chi connectivity index (χ0v) is 13.1. The standard InChI is InChI=1S/C17H26N2O2/c1-3-4-5-6-7-8-12-17(21)19-18-14(2)15-10-9-11-16(20)13-15/h9-11,13,20H,3-8,12H2,1-2H3,(H,19,21)/b18-14+. The van der Waals surface area contributed by atoms with E-state index in [0.29, 0.717) is 12.1 Å². The minimum absolute atomic E-state index is 0.0509. The Morgan fingerprint density at radius 3 is 2.62 bits per heavy atom. The number of unbranched alkanes of at least 4 members (excludes halogenated alkanes) is 5. The molecule has 0 saturated carbocycles. The maximum absolute atomic E-state index is 11.7. The summed E-state index contributed by atoms with van der Waals surface area (Å²) in [7, 11) is 0. The first-order valence-electron chi connectivity index (χ1n) is 7.76. The Balaban J connectivity index is 2.27. The maximum Gasteiger partial charge on any atom is 0.240 e. The van der Waals surface area contributed by atoms with Crippen molar-refractivity contribution in [2.75, 3.05) is 0 Å².